The predicted octanol–water partition coefficient (Wildman–Crippen LogP) is 0.736. The zero-order valence-corrected chi connectivity index (χ0v) is 10.5. The second-order valence-electron chi connectivity index (χ2n) is 4.12. The summed E-state index contributed by atoms with van der Waals surface area (Å²) in [7, 11) is 3.88. The van der Waals surface area contributed by atoms with Gasteiger partial charge in [-0.15, -0.1) is 0 Å². The lowest BCUT2D eigenvalue weighted by Gasteiger charge is -2.21. The van der Waals surface area contributed by atoms with Gasteiger partial charge in [-0.1, -0.05) is 0 Å². The largest absolute Gasteiger partial charge is 0.384 e. The zero-order chi connectivity index (χ0) is 13.1. The lowest BCUT2D eigenvalue weighted by atomic mass is 10.2. The molecule has 0 saturated heterocycles. The maximum Gasteiger partial charge on any atom is 0.127 e. The Morgan fingerprint density at radius 1 is 1.50 bits per heavy atom. The quantitative estimate of drug-likeness (QED) is 0.613. The Morgan fingerprint density at radius 2 is 2.28 bits per heavy atom. The molecule has 0 amide bonds. The van der Waals surface area contributed by atoms with Crippen molar-refractivity contribution in [2.45, 2.75) is 6.54 Å². The Morgan fingerprint density at radius 3 is 2.89 bits per heavy atom. The summed E-state index contributed by atoms with van der Waals surface area (Å²) in [6, 6.07) is 1.74. The van der Waals surface area contributed by atoms with Gasteiger partial charge in [0.25, 0.3) is 0 Å². The summed E-state index contributed by atoms with van der Waals surface area (Å²) in [5.74, 6) is 0.981. The highest BCUT2D eigenvalue weighted by atomic mass is 15.2. The number of hydrogen-bond acceptors (Lipinski definition) is 4. The van der Waals surface area contributed by atoms with Crippen molar-refractivity contribution >= 4 is 11.5 Å². The second-order valence-corrected chi connectivity index (χ2v) is 4.12. The number of pyridine rings is 1. The summed E-state index contributed by atoms with van der Waals surface area (Å²) in [6.45, 7) is 0.634. The van der Waals surface area contributed by atoms with Crippen LogP contribution in [0.4, 0.5) is 5.69 Å². The van der Waals surface area contributed by atoms with Crippen molar-refractivity contribution in [2.24, 2.45) is 12.8 Å². The molecule has 0 radical (unpaired) electrons. The number of hydrogen-bond donors (Lipinski definition) is 2. The number of rotatable bonds is 4. The summed E-state index contributed by atoms with van der Waals surface area (Å²) >= 11 is 0. The highest BCUT2D eigenvalue weighted by Crippen LogP contribution is 2.18. The number of nitrogen functional groups attached to an aromatic ring is 1. The van der Waals surface area contributed by atoms with Crippen LogP contribution in [0.3, 0.4) is 0 Å². The van der Waals surface area contributed by atoms with Crippen LogP contribution in [-0.2, 0) is 13.6 Å². The molecule has 0 unspecified atom stereocenters. The van der Waals surface area contributed by atoms with Gasteiger partial charge in [0, 0.05) is 38.2 Å². The highest BCUT2D eigenvalue weighted by Gasteiger charge is 2.11. The predicted molar refractivity (Wildman–Crippen MR) is 70.6 cm³/mol. The molecule has 94 valence electrons. The molecule has 2 rings (SSSR count). The standard InChI is InChI=1S/C12H16N6/c1-17-6-5-16-11(17)8-18(2)10-7-15-4-3-9(10)12(13)14/h3-7H,8H2,1-2H3,(H3,13,14). The van der Waals surface area contributed by atoms with E-state index in [4.69, 9.17) is 11.1 Å². The van der Waals surface area contributed by atoms with Crippen LogP contribution < -0.4 is 10.6 Å². The van der Waals surface area contributed by atoms with Crippen molar-refractivity contribution < 1.29 is 0 Å². The van der Waals surface area contributed by atoms with E-state index in [0.717, 1.165) is 11.5 Å². The van der Waals surface area contributed by atoms with Crippen LogP contribution in [-0.4, -0.2) is 27.4 Å². The van der Waals surface area contributed by atoms with E-state index in [2.05, 4.69) is 9.97 Å². The average molecular weight is 244 g/mol. The molecule has 0 saturated carbocycles. The lowest BCUT2D eigenvalue weighted by molar-refractivity contribution is 0.760. The minimum Gasteiger partial charge on any atom is -0.384 e. The van der Waals surface area contributed by atoms with E-state index in [9.17, 15) is 0 Å². The molecule has 0 atom stereocenters. The van der Waals surface area contributed by atoms with Gasteiger partial charge in [0.1, 0.15) is 11.7 Å². The van der Waals surface area contributed by atoms with Gasteiger partial charge < -0.3 is 15.2 Å². The van der Waals surface area contributed by atoms with E-state index in [1.807, 2.05) is 29.8 Å². The van der Waals surface area contributed by atoms with Crippen LogP contribution >= 0.6 is 0 Å². The Balaban J connectivity index is 2.26. The fourth-order valence-corrected chi connectivity index (χ4v) is 1.76. The van der Waals surface area contributed by atoms with Crippen molar-refractivity contribution in [3.05, 3.63) is 42.2 Å². The first kappa shape index (κ1) is 12.1. The van der Waals surface area contributed by atoms with Gasteiger partial charge in [0.05, 0.1) is 18.4 Å². The molecular weight excluding hydrogens is 228 g/mol. The van der Waals surface area contributed by atoms with Crippen molar-refractivity contribution in [3.8, 4) is 0 Å². The molecule has 0 spiro atoms. The lowest BCUT2D eigenvalue weighted by Crippen LogP contribution is -2.23. The molecule has 3 N–H and O–H groups in total. The molecular formula is C12H16N6. The van der Waals surface area contributed by atoms with Gasteiger partial charge in [-0.3, -0.25) is 10.4 Å². The van der Waals surface area contributed by atoms with Gasteiger partial charge in [0.15, 0.2) is 0 Å². The van der Waals surface area contributed by atoms with Crippen molar-refractivity contribution in [2.75, 3.05) is 11.9 Å². The minimum absolute atomic E-state index is 0.0408. The van der Waals surface area contributed by atoms with Crippen molar-refractivity contribution in [1.82, 2.24) is 14.5 Å². The van der Waals surface area contributed by atoms with Gasteiger partial charge in [-0.2, -0.15) is 0 Å². The van der Waals surface area contributed by atoms with E-state index >= 15 is 0 Å². The second kappa shape index (κ2) is 4.87. The highest BCUT2D eigenvalue weighted by molar-refractivity contribution is 6.00. The van der Waals surface area contributed by atoms with Crippen LogP contribution in [0.1, 0.15) is 11.4 Å². The topological polar surface area (TPSA) is 83.8 Å². The number of amidine groups is 1. The Kier molecular flexibility index (Phi) is 3.27. The minimum atomic E-state index is 0.0408. The molecule has 18 heavy (non-hydrogen) atoms. The molecule has 2 heterocycles. The summed E-state index contributed by atoms with van der Waals surface area (Å²) in [5.41, 5.74) is 7.07. The molecule has 0 aliphatic heterocycles. The smallest absolute Gasteiger partial charge is 0.127 e. The molecule has 2 aromatic heterocycles. The Labute approximate surface area is 106 Å². The summed E-state index contributed by atoms with van der Waals surface area (Å²) in [6.07, 6.45) is 7.01. The van der Waals surface area contributed by atoms with E-state index in [0.29, 0.717) is 12.1 Å². The third-order valence-corrected chi connectivity index (χ3v) is 2.80. The fourth-order valence-electron chi connectivity index (χ4n) is 1.76. The van der Waals surface area contributed by atoms with E-state index in [-0.39, 0.29) is 5.84 Å². The first-order chi connectivity index (χ1) is 8.59. The van der Waals surface area contributed by atoms with Gasteiger partial charge in [0.2, 0.25) is 0 Å². The maximum atomic E-state index is 7.56. The molecule has 0 aliphatic carbocycles. The number of anilines is 1. The van der Waals surface area contributed by atoms with Crippen molar-refractivity contribution in [1.29, 1.82) is 5.41 Å². The van der Waals surface area contributed by atoms with Crippen LogP contribution in [0.2, 0.25) is 0 Å². The van der Waals surface area contributed by atoms with E-state index in [1.54, 1.807) is 24.7 Å². The molecule has 0 aromatic carbocycles. The third-order valence-electron chi connectivity index (χ3n) is 2.80. The Bertz CT molecular complexity index is 559. The van der Waals surface area contributed by atoms with E-state index in [1.165, 1.54) is 0 Å². The van der Waals surface area contributed by atoms with E-state index < -0.39 is 0 Å². The average Bonchev–Trinajstić information content (AvgIpc) is 2.75. The summed E-state index contributed by atoms with van der Waals surface area (Å²) < 4.78 is 1.96. The summed E-state index contributed by atoms with van der Waals surface area (Å²) in [5, 5.41) is 7.56. The van der Waals surface area contributed by atoms with Gasteiger partial charge >= 0.3 is 0 Å². The number of nitrogens with zero attached hydrogens (tertiary/aromatic N) is 4. The maximum absolute atomic E-state index is 7.56. The molecule has 0 aliphatic rings. The van der Waals surface area contributed by atoms with Crippen LogP contribution in [0, 0.1) is 5.41 Å². The van der Waals surface area contributed by atoms with Crippen molar-refractivity contribution in [3.63, 3.8) is 0 Å². The normalized spacial score (nSPS) is 10.3. The monoisotopic (exact) mass is 244 g/mol. The Hall–Kier alpha value is -2.37. The SMILES string of the molecule is CN(Cc1nccn1C)c1cnccc1C(=N)N. The molecule has 0 fully saturated rings. The fraction of sp³-hybridized carbons (Fsp3) is 0.250. The molecule has 6 heteroatoms. The third kappa shape index (κ3) is 2.32. The van der Waals surface area contributed by atoms with Crippen LogP contribution in [0.25, 0.3) is 0 Å². The summed E-state index contributed by atoms with van der Waals surface area (Å²) in [4.78, 5) is 10.3. The zero-order valence-electron chi connectivity index (χ0n) is 10.5. The van der Waals surface area contributed by atoms with Gasteiger partial charge in [-0.25, -0.2) is 4.98 Å². The number of nitrogens with one attached hydrogen (secondary N) is 1. The van der Waals surface area contributed by atoms with Gasteiger partial charge in [-0.05, 0) is 6.07 Å². The molecule has 2 aromatic rings. The number of nitrogens with two attached hydrogens (primary N) is 1. The number of aryl methyl sites for hydroxylation is 1. The number of aromatic nitrogens is 3. The first-order valence-corrected chi connectivity index (χ1v) is 5.55. The number of imidazole rings is 1. The molecule has 0 bridgehead atoms. The molecule has 6 nitrogen and oxygen atoms in total. The van der Waals surface area contributed by atoms with Crippen LogP contribution in [0.5, 0.6) is 0 Å². The van der Waals surface area contributed by atoms with Crippen LogP contribution in [0.15, 0.2) is 30.9 Å². The first-order valence-electron chi connectivity index (χ1n) is 5.55.